The minimum absolute atomic E-state index is 0. The first-order valence-corrected chi connectivity index (χ1v) is 9.01. The Morgan fingerprint density at radius 2 is 1.82 bits per heavy atom. The van der Waals surface area contributed by atoms with Crippen LogP contribution in [0.5, 0.6) is 5.75 Å². The van der Waals surface area contributed by atoms with Crippen LogP contribution < -0.4 is 21.1 Å². The zero-order valence-electron chi connectivity index (χ0n) is 15.4. The number of amides is 1. The molecule has 0 aromatic heterocycles. The summed E-state index contributed by atoms with van der Waals surface area (Å²) in [5.74, 6) is 0.312. The fourth-order valence-corrected chi connectivity index (χ4v) is 3.02. The second-order valence-electron chi connectivity index (χ2n) is 6.52. The number of nitrogens with zero attached hydrogens (tertiary/aromatic N) is 1. The Hall–Kier alpha value is -1.72. The fourth-order valence-electron chi connectivity index (χ4n) is 3.02. The van der Waals surface area contributed by atoms with Crippen LogP contribution in [-0.4, -0.2) is 31.3 Å². The molecule has 0 aliphatic heterocycles. The third kappa shape index (κ3) is 10.00. The lowest BCUT2D eigenvalue weighted by molar-refractivity contribution is -0.274. The van der Waals surface area contributed by atoms with Crippen LogP contribution in [0.25, 0.3) is 0 Å². The van der Waals surface area contributed by atoms with Crippen LogP contribution in [0.3, 0.4) is 0 Å². The summed E-state index contributed by atoms with van der Waals surface area (Å²) in [4.78, 5) is 16.0. The van der Waals surface area contributed by atoms with Crippen molar-refractivity contribution >= 4 is 41.5 Å². The highest BCUT2D eigenvalue weighted by molar-refractivity contribution is 14.0. The lowest BCUT2D eigenvalue weighted by Gasteiger charge is -2.20. The largest absolute Gasteiger partial charge is 0.573 e. The van der Waals surface area contributed by atoms with Crippen molar-refractivity contribution in [3.05, 3.63) is 24.3 Å². The number of nitrogens with two attached hydrogens (primary N) is 1. The Kier molecular flexibility index (Phi) is 10.4. The lowest BCUT2D eigenvalue weighted by Crippen LogP contribution is -2.30. The molecule has 2 rings (SSSR count). The minimum atomic E-state index is -4.73. The van der Waals surface area contributed by atoms with Crippen LogP contribution in [0, 0.1) is 5.92 Å². The number of aliphatic imine (C=N–C) groups is 1. The topological polar surface area (TPSA) is 88.7 Å². The van der Waals surface area contributed by atoms with Crippen LogP contribution in [0.15, 0.2) is 29.3 Å². The number of carbonyl (C=O) groups excluding carboxylic acids is 1. The van der Waals surface area contributed by atoms with Crippen molar-refractivity contribution < 1.29 is 22.7 Å². The van der Waals surface area contributed by atoms with Gasteiger partial charge in [0.25, 0.3) is 0 Å². The molecule has 1 aromatic carbocycles. The van der Waals surface area contributed by atoms with E-state index in [-0.39, 0.29) is 41.6 Å². The molecule has 1 fully saturated rings. The number of guanidine groups is 1. The molecule has 10 heteroatoms. The van der Waals surface area contributed by atoms with Crippen LogP contribution >= 0.6 is 24.0 Å². The average Bonchev–Trinajstić information content (AvgIpc) is 2.60. The predicted octanol–water partition coefficient (Wildman–Crippen LogP) is 4.02. The predicted molar refractivity (Wildman–Crippen MR) is 113 cm³/mol. The van der Waals surface area contributed by atoms with Gasteiger partial charge < -0.3 is 21.1 Å². The summed E-state index contributed by atoms with van der Waals surface area (Å²) in [6, 6.07) is 5.15. The van der Waals surface area contributed by atoms with Crippen molar-refractivity contribution in [3.8, 4) is 5.75 Å². The molecule has 0 radical (unpaired) electrons. The van der Waals surface area contributed by atoms with Crippen molar-refractivity contribution in [2.45, 2.75) is 44.9 Å². The Morgan fingerprint density at radius 1 is 1.18 bits per heavy atom. The number of benzene rings is 1. The van der Waals surface area contributed by atoms with E-state index >= 15 is 0 Å². The van der Waals surface area contributed by atoms with Crippen molar-refractivity contribution in [2.75, 3.05) is 18.4 Å². The Bertz CT molecular complexity index is 633. The first kappa shape index (κ1) is 24.3. The standard InChI is InChI=1S/C18H25F3N4O2.HI/c19-18(20,21)27-15-8-6-14(7-9-15)25-17(22)24-11-10-23-16(26)12-13-4-2-1-3-5-13;/h6-9,13H,1-5,10-12H2,(H,23,26)(H3,22,24,25);1H. The van der Waals surface area contributed by atoms with Gasteiger partial charge in [0, 0.05) is 18.7 Å². The van der Waals surface area contributed by atoms with Gasteiger partial charge in [0.2, 0.25) is 5.91 Å². The normalized spacial score (nSPS) is 15.5. The Balaban J connectivity index is 0.00000392. The molecule has 6 nitrogen and oxygen atoms in total. The highest BCUT2D eigenvalue weighted by Crippen LogP contribution is 2.26. The Morgan fingerprint density at radius 3 is 2.43 bits per heavy atom. The molecule has 0 saturated heterocycles. The summed E-state index contributed by atoms with van der Waals surface area (Å²) in [6.45, 7) is 0.691. The van der Waals surface area contributed by atoms with Gasteiger partial charge in [-0.15, -0.1) is 37.1 Å². The first-order valence-electron chi connectivity index (χ1n) is 9.01. The second kappa shape index (κ2) is 12.0. The molecule has 1 saturated carbocycles. The maximum absolute atomic E-state index is 12.1. The van der Waals surface area contributed by atoms with Crippen molar-refractivity contribution in [1.29, 1.82) is 0 Å². The second-order valence-corrected chi connectivity index (χ2v) is 6.52. The van der Waals surface area contributed by atoms with Gasteiger partial charge in [-0.25, -0.2) is 0 Å². The number of nitrogens with one attached hydrogen (secondary N) is 2. The molecule has 158 valence electrons. The summed E-state index contributed by atoms with van der Waals surface area (Å²) in [6.07, 6.45) is 1.74. The van der Waals surface area contributed by atoms with Crippen LogP contribution in [0.4, 0.5) is 18.9 Å². The number of hydrogen-bond acceptors (Lipinski definition) is 3. The maximum Gasteiger partial charge on any atom is 0.573 e. The fraction of sp³-hybridized carbons (Fsp3) is 0.556. The van der Waals surface area contributed by atoms with Gasteiger partial charge in [-0.3, -0.25) is 9.79 Å². The molecule has 0 spiro atoms. The van der Waals surface area contributed by atoms with E-state index in [0.29, 0.717) is 31.1 Å². The third-order valence-corrected chi connectivity index (χ3v) is 4.28. The van der Waals surface area contributed by atoms with E-state index in [4.69, 9.17) is 5.73 Å². The van der Waals surface area contributed by atoms with E-state index in [1.807, 2.05) is 0 Å². The maximum atomic E-state index is 12.1. The van der Waals surface area contributed by atoms with Crippen LogP contribution in [-0.2, 0) is 4.79 Å². The highest BCUT2D eigenvalue weighted by atomic mass is 127. The van der Waals surface area contributed by atoms with Crippen LogP contribution in [0.1, 0.15) is 38.5 Å². The third-order valence-electron chi connectivity index (χ3n) is 4.28. The molecule has 1 aromatic rings. The van der Waals surface area contributed by atoms with Gasteiger partial charge in [-0.2, -0.15) is 0 Å². The molecule has 0 heterocycles. The number of alkyl halides is 3. The van der Waals surface area contributed by atoms with E-state index in [9.17, 15) is 18.0 Å². The van der Waals surface area contributed by atoms with Crippen molar-refractivity contribution in [3.63, 3.8) is 0 Å². The smallest absolute Gasteiger partial charge is 0.406 e. The van der Waals surface area contributed by atoms with E-state index in [2.05, 4.69) is 20.4 Å². The van der Waals surface area contributed by atoms with Gasteiger partial charge in [0.05, 0.1) is 6.54 Å². The average molecular weight is 514 g/mol. The number of carbonyl (C=O) groups is 1. The molecule has 28 heavy (non-hydrogen) atoms. The molecule has 1 amide bonds. The number of anilines is 1. The van der Waals surface area contributed by atoms with Gasteiger partial charge in [-0.1, -0.05) is 19.3 Å². The van der Waals surface area contributed by atoms with E-state index in [1.54, 1.807) is 0 Å². The van der Waals surface area contributed by atoms with Gasteiger partial charge in [-0.05, 0) is 43.0 Å². The summed E-state index contributed by atoms with van der Waals surface area (Å²) >= 11 is 0. The number of rotatable bonds is 7. The van der Waals surface area contributed by atoms with Crippen molar-refractivity contribution in [2.24, 2.45) is 16.6 Å². The van der Waals surface area contributed by atoms with Crippen LogP contribution in [0.2, 0.25) is 0 Å². The summed E-state index contributed by atoms with van der Waals surface area (Å²) in [7, 11) is 0. The summed E-state index contributed by atoms with van der Waals surface area (Å²) in [5.41, 5.74) is 6.21. The zero-order chi connectivity index (χ0) is 19.7. The number of hydrogen-bond donors (Lipinski definition) is 3. The molecule has 0 bridgehead atoms. The summed E-state index contributed by atoms with van der Waals surface area (Å²) in [5, 5.41) is 5.59. The summed E-state index contributed by atoms with van der Waals surface area (Å²) < 4.78 is 40.1. The number of ether oxygens (including phenoxy) is 1. The monoisotopic (exact) mass is 514 g/mol. The van der Waals surface area contributed by atoms with E-state index in [1.165, 1.54) is 43.5 Å². The lowest BCUT2D eigenvalue weighted by atomic mass is 9.87. The molecule has 1 aliphatic rings. The number of halogens is 4. The SMILES string of the molecule is I.NC(=NCCNC(=O)CC1CCCCC1)Nc1ccc(OC(F)(F)F)cc1. The molecule has 1 aliphatic carbocycles. The van der Waals surface area contributed by atoms with E-state index < -0.39 is 6.36 Å². The molecular weight excluding hydrogens is 488 g/mol. The first-order chi connectivity index (χ1) is 12.8. The quantitative estimate of drug-likeness (QED) is 0.222. The van der Waals surface area contributed by atoms with Gasteiger partial charge in [0.1, 0.15) is 5.75 Å². The molecule has 0 atom stereocenters. The Labute approximate surface area is 179 Å². The molecule has 4 N–H and O–H groups in total. The minimum Gasteiger partial charge on any atom is -0.406 e. The van der Waals surface area contributed by atoms with Crippen molar-refractivity contribution in [1.82, 2.24) is 5.32 Å². The highest BCUT2D eigenvalue weighted by Gasteiger charge is 2.30. The van der Waals surface area contributed by atoms with Gasteiger partial charge >= 0.3 is 6.36 Å². The molecular formula is C18H26F3IN4O2. The van der Waals surface area contributed by atoms with Gasteiger partial charge in [0.15, 0.2) is 5.96 Å². The molecule has 0 unspecified atom stereocenters. The van der Waals surface area contributed by atoms with E-state index in [0.717, 1.165) is 12.8 Å². The zero-order valence-corrected chi connectivity index (χ0v) is 17.8.